The van der Waals surface area contributed by atoms with Crippen molar-refractivity contribution in [2.45, 2.75) is 37.8 Å². The van der Waals surface area contributed by atoms with E-state index in [1.54, 1.807) is 12.0 Å². The molecule has 0 saturated carbocycles. The number of hydrogen-bond acceptors (Lipinski definition) is 8. The first-order valence-electron chi connectivity index (χ1n) is 12.5. The summed E-state index contributed by atoms with van der Waals surface area (Å²) in [6.07, 6.45) is 1.49. The highest BCUT2D eigenvalue weighted by atomic mass is 16.6. The quantitative estimate of drug-likeness (QED) is 0.434. The van der Waals surface area contributed by atoms with E-state index >= 15 is 0 Å². The lowest BCUT2D eigenvalue weighted by atomic mass is 10.0. The van der Waals surface area contributed by atoms with E-state index in [0.717, 1.165) is 29.9 Å². The van der Waals surface area contributed by atoms with E-state index < -0.39 is 0 Å². The van der Waals surface area contributed by atoms with E-state index in [-0.39, 0.29) is 24.1 Å². The van der Waals surface area contributed by atoms with Crippen molar-refractivity contribution in [2.75, 3.05) is 33.4 Å². The van der Waals surface area contributed by atoms with Crippen molar-refractivity contribution in [1.82, 2.24) is 19.9 Å². The Balaban J connectivity index is 1.05. The predicted molar refractivity (Wildman–Crippen MR) is 133 cm³/mol. The maximum absolute atomic E-state index is 12.8. The van der Waals surface area contributed by atoms with Crippen molar-refractivity contribution in [3.8, 4) is 22.9 Å². The van der Waals surface area contributed by atoms with Gasteiger partial charge in [-0.2, -0.15) is 4.98 Å². The smallest absolute Gasteiger partial charge is 0.410 e. The van der Waals surface area contributed by atoms with Gasteiger partial charge >= 0.3 is 6.09 Å². The number of carbonyl (C=O) groups is 2. The van der Waals surface area contributed by atoms with Crippen LogP contribution in [0.3, 0.4) is 0 Å². The monoisotopic (exact) mass is 506 g/mol. The molecule has 0 radical (unpaired) electrons. The summed E-state index contributed by atoms with van der Waals surface area (Å²) in [5.74, 6) is 2.45. The van der Waals surface area contributed by atoms with Crippen LogP contribution in [-0.2, 0) is 16.0 Å². The number of ether oxygens (including phenoxy) is 3. The highest BCUT2D eigenvalue weighted by Gasteiger charge is 2.38. The molecule has 2 aliphatic heterocycles. The second-order valence-corrected chi connectivity index (χ2v) is 9.13. The fourth-order valence-corrected chi connectivity index (χ4v) is 4.64. The van der Waals surface area contributed by atoms with Gasteiger partial charge in [-0.25, -0.2) is 4.79 Å². The lowest BCUT2D eigenvalue weighted by Crippen LogP contribution is -2.47. The Kier molecular flexibility index (Phi) is 7.53. The van der Waals surface area contributed by atoms with E-state index in [2.05, 4.69) is 10.1 Å². The molecule has 0 spiro atoms. The minimum Gasteiger partial charge on any atom is -0.497 e. The maximum atomic E-state index is 12.8. The van der Waals surface area contributed by atoms with Crippen LogP contribution >= 0.6 is 0 Å². The van der Waals surface area contributed by atoms with Gasteiger partial charge in [-0.15, -0.1) is 0 Å². The summed E-state index contributed by atoms with van der Waals surface area (Å²) in [6.45, 7) is 2.01. The molecule has 3 aromatic rings. The molecule has 37 heavy (non-hydrogen) atoms. The highest BCUT2D eigenvalue weighted by Crippen LogP contribution is 2.24. The lowest BCUT2D eigenvalue weighted by molar-refractivity contribution is -0.132. The molecule has 2 aliphatic rings. The van der Waals surface area contributed by atoms with E-state index in [1.807, 2.05) is 59.5 Å². The summed E-state index contributed by atoms with van der Waals surface area (Å²) in [6, 6.07) is 16.9. The van der Waals surface area contributed by atoms with Crippen LogP contribution in [0.5, 0.6) is 11.5 Å². The normalized spacial score (nSPS) is 18.1. The number of carbonyl (C=O) groups excluding carboxylic acids is 2. The fourth-order valence-electron chi connectivity index (χ4n) is 4.64. The molecule has 0 bridgehead atoms. The van der Waals surface area contributed by atoms with Crippen LogP contribution in [0.1, 0.15) is 25.2 Å². The third-order valence-corrected chi connectivity index (χ3v) is 6.71. The topological polar surface area (TPSA) is 107 Å². The van der Waals surface area contributed by atoms with Crippen LogP contribution in [0.4, 0.5) is 4.79 Å². The number of methoxy groups -OCH3 is 1. The number of rotatable bonds is 9. The predicted octanol–water partition coefficient (Wildman–Crippen LogP) is 3.57. The zero-order valence-electron chi connectivity index (χ0n) is 20.7. The standard InChI is InChI=1S/C27H30N4O6/c1-34-21-9-7-19(8-10-21)26-28-24(37-29-26)11-12-25(32)30-15-13-20(14-16-30)31-17-23(36-27(31)33)18-35-22-5-3-2-4-6-22/h2-10,20,23H,11-18H2,1H3. The zero-order valence-corrected chi connectivity index (χ0v) is 20.7. The van der Waals surface area contributed by atoms with Gasteiger partial charge in [-0.1, -0.05) is 23.4 Å². The SMILES string of the molecule is COc1ccc(-c2noc(CCC(=O)N3CCC(N4CC(COc5ccccc5)OC4=O)CC3)n2)cc1. The molecule has 1 unspecified atom stereocenters. The van der Waals surface area contributed by atoms with Crippen molar-refractivity contribution in [2.24, 2.45) is 0 Å². The summed E-state index contributed by atoms with van der Waals surface area (Å²) in [5.41, 5.74) is 0.818. The second-order valence-electron chi connectivity index (χ2n) is 9.13. The molecule has 2 aromatic carbocycles. The minimum absolute atomic E-state index is 0.0424. The third-order valence-electron chi connectivity index (χ3n) is 6.71. The third kappa shape index (κ3) is 6.02. The van der Waals surface area contributed by atoms with Crippen LogP contribution in [-0.4, -0.2) is 77.4 Å². The Bertz CT molecular complexity index is 1190. The Morgan fingerprint density at radius 3 is 2.54 bits per heavy atom. The molecule has 5 rings (SSSR count). The summed E-state index contributed by atoms with van der Waals surface area (Å²) in [4.78, 5) is 33.3. The number of nitrogens with zero attached hydrogens (tertiary/aromatic N) is 4. The minimum atomic E-state index is -0.310. The number of hydrogen-bond donors (Lipinski definition) is 0. The van der Waals surface area contributed by atoms with Gasteiger partial charge in [0.25, 0.3) is 0 Å². The van der Waals surface area contributed by atoms with E-state index in [9.17, 15) is 9.59 Å². The molecule has 2 saturated heterocycles. The Morgan fingerprint density at radius 2 is 1.81 bits per heavy atom. The summed E-state index contributed by atoms with van der Waals surface area (Å²) in [5, 5.41) is 4.02. The lowest BCUT2D eigenvalue weighted by Gasteiger charge is -2.35. The molecule has 0 N–H and O–H groups in total. The van der Waals surface area contributed by atoms with Crippen molar-refractivity contribution in [3.05, 3.63) is 60.5 Å². The number of cyclic esters (lactones) is 1. The number of likely N-dealkylation sites (tertiary alicyclic amines) is 1. The number of benzene rings is 2. The fraction of sp³-hybridized carbons (Fsp3) is 0.407. The molecule has 2 amide bonds. The van der Waals surface area contributed by atoms with Crippen LogP contribution in [0.25, 0.3) is 11.4 Å². The average Bonchev–Trinajstić information content (AvgIpc) is 3.58. The number of piperidine rings is 1. The summed E-state index contributed by atoms with van der Waals surface area (Å²) in [7, 11) is 1.61. The first kappa shape index (κ1) is 24.6. The summed E-state index contributed by atoms with van der Waals surface area (Å²) >= 11 is 0. The first-order chi connectivity index (χ1) is 18.1. The van der Waals surface area contributed by atoms with Crippen LogP contribution in [0.15, 0.2) is 59.1 Å². The molecule has 10 heteroatoms. The molecular formula is C27H30N4O6. The van der Waals surface area contributed by atoms with Crippen molar-refractivity contribution in [1.29, 1.82) is 0 Å². The number of amides is 2. The highest BCUT2D eigenvalue weighted by molar-refractivity contribution is 5.76. The molecular weight excluding hydrogens is 476 g/mol. The molecule has 1 atom stereocenters. The van der Waals surface area contributed by atoms with E-state index in [4.69, 9.17) is 18.7 Å². The van der Waals surface area contributed by atoms with Gasteiger partial charge in [-0.3, -0.25) is 4.79 Å². The van der Waals surface area contributed by atoms with Crippen LogP contribution < -0.4 is 9.47 Å². The van der Waals surface area contributed by atoms with Gasteiger partial charge in [0, 0.05) is 37.5 Å². The molecule has 10 nitrogen and oxygen atoms in total. The van der Waals surface area contributed by atoms with Gasteiger partial charge in [0.15, 0.2) is 6.10 Å². The van der Waals surface area contributed by atoms with Gasteiger partial charge in [0.05, 0.1) is 13.7 Å². The van der Waals surface area contributed by atoms with Crippen LogP contribution in [0, 0.1) is 0 Å². The molecule has 0 aliphatic carbocycles. The van der Waals surface area contributed by atoms with Gasteiger partial charge in [-0.05, 0) is 49.2 Å². The first-order valence-corrected chi connectivity index (χ1v) is 12.5. The Labute approximate surface area is 215 Å². The maximum Gasteiger partial charge on any atom is 0.410 e. The van der Waals surface area contributed by atoms with Crippen molar-refractivity contribution in [3.63, 3.8) is 0 Å². The van der Waals surface area contributed by atoms with Crippen molar-refractivity contribution >= 4 is 12.0 Å². The molecule has 2 fully saturated rings. The summed E-state index contributed by atoms with van der Waals surface area (Å²) < 4.78 is 21.8. The Morgan fingerprint density at radius 1 is 1.05 bits per heavy atom. The van der Waals surface area contributed by atoms with E-state index in [1.165, 1.54) is 0 Å². The molecule has 3 heterocycles. The van der Waals surface area contributed by atoms with Gasteiger partial charge < -0.3 is 28.5 Å². The largest absolute Gasteiger partial charge is 0.497 e. The number of aryl methyl sites for hydroxylation is 1. The molecule has 1 aromatic heterocycles. The molecule has 194 valence electrons. The number of para-hydroxylation sites is 1. The Hall–Kier alpha value is -4.08. The van der Waals surface area contributed by atoms with Gasteiger partial charge in [0.1, 0.15) is 18.1 Å². The second kappa shape index (κ2) is 11.3. The number of aromatic nitrogens is 2. The average molecular weight is 507 g/mol. The van der Waals surface area contributed by atoms with E-state index in [0.29, 0.717) is 50.8 Å². The van der Waals surface area contributed by atoms with Crippen LogP contribution in [0.2, 0.25) is 0 Å². The zero-order chi connectivity index (χ0) is 25.6. The van der Waals surface area contributed by atoms with Crippen molar-refractivity contribution < 1.29 is 28.3 Å². The van der Waals surface area contributed by atoms with Gasteiger partial charge in [0.2, 0.25) is 17.6 Å².